The van der Waals surface area contributed by atoms with E-state index in [2.05, 4.69) is 10.3 Å². The van der Waals surface area contributed by atoms with E-state index in [1.54, 1.807) is 13.3 Å². The van der Waals surface area contributed by atoms with Crippen LogP contribution in [-0.4, -0.2) is 38.5 Å². The number of hydrogen-bond acceptors (Lipinski definition) is 4. The third-order valence-corrected chi connectivity index (χ3v) is 3.30. The summed E-state index contributed by atoms with van der Waals surface area (Å²) in [7, 11) is 1.94. The van der Waals surface area contributed by atoms with Crippen LogP contribution in [0.2, 0.25) is 0 Å². The molecule has 1 heterocycles. The van der Waals surface area contributed by atoms with Gasteiger partial charge >= 0.3 is 0 Å². The molecule has 0 radical (unpaired) electrons. The number of nitrogens with zero attached hydrogens (tertiary/aromatic N) is 2. The van der Waals surface area contributed by atoms with Crippen LogP contribution in [0.5, 0.6) is 0 Å². The molecule has 3 N–H and O–H groups in total. The molecule has 104 valence electrons. The van der Waals surface area contributed by atoms with Gasteiger partial charge in [0.05, 0.1) is 29.6 Å². The van der Waals surface area contributed by atoms with Gasteiger partial charge in [0.15, 0.2) is 0 Å². The maximum absolute atomic E-state index is 10.3. The number of hydrogen-bond donors (Lipinski definition) is 3. The number of benzene rings is 1. The Hall–Kier alpha value is -1.43. The van der Waals surface area contributed by atoms with E-state index in [-0.39, 0.29) is 6.04 Å². The highest BCUT2D eigenvalue weighted by molar-refractivity contribution is 5.76. The van der Waals surface area contributed by atoms with Crippen molar-refractivity contribution >= 4 is 11.0 Å². The number of rotatable bonds is 5. The lowest BCUT2D eigenvalue weighted by atomic mass is 10.0. The van der Waals surface area contributed by atoms with Crippen molar-refractivity contribution in [1.29, 1.82) is 0 Å². The zero-order valence-corrected chi connectivity index (χ0v) is 11.5. The highest BCUT2D eigenvalue weighted by Gasteiger charge is 2.17. The highest BCUT2D eigenvalue weighted by Crippen LogP contribution is 2.21. The summed E-state index contributed by atoms with van der Waals surface area (Å²) in [6, 6.07) is 5.65. The molecule has 2 rings (SSSR count). The van der Waals surface area contributed by atoms with Gasteiger partial charge in [0.1, 0.15) is 0 Å². The summed E-state index contributed by atoms with van der Waals surface area (Å²) in [4.78, 5) is 4.29. The second-order valence-corrected chi connectivity index (χ2v) is 5.09. The van der Waals surface area contributed by atoms with E-state index < -0.39 is 12.2 Å². The Morgan fingerprint density at radius 3 is 2.74 bits per heavy atom. The molecule has 19 heavy (non-hydrogen) atoms. The van der Waals surface area contributed by atoms with Crippen LogP contribution in [-0.2, 0) is 7.05 Å². The van der Waals surface area contributed by atoms with E-state index in [1.165, 1.54) is 0 Å². The number of nitrogens with one attached hydrogen (secondary N) is 1. The van der Waals surface area contributed by atoms with Crippen LogP contribution in [0.4, 0.5) is 0 Å². The SMILES string of the molecule is CC(O)CNC(C)C(O)c1ccc2c(c1)ncn2C. The van der Waals surface area contributed by atoms with Crippen molar-refractivity contribution in [2.45, 2.75) is 32.1 Å². The van der Waals surface area contributed by atoms with Crippen molar-refractivity contribution in [2.75, 3.05) is 6.54 Å². The number of imidazole rings is 1. The first-order chi connectivity index (χ1) is 8.99. The van der Waals surface area contributed by atoms with Crippen molar-refractivity contribution in [3.05, 3.63) is 30.1 Å². The number of aliphatic hydroxyl groups excluding tert-OH is 2. The predicted molar refractivity (Wildman–Crippen MR) is 74.8 cm³/mol. The molecular weight excluding hydrogens is 242 g/mol. The highest BCUT2D eigenvalue weighted by atomic mass is 16.3. The molecule has 0 aliphatic carbocycles. The molecule has 1 aromatic carbocycles. The van der Waals surface area contributed by atoms with Crippen molar-refractivity contribution in [3.63, 3.8) is 0 Å². The van der Waals surface area contributed by atoms with E-state index in [9.17, 15) is 10.2 Å². The van der Waals surface area contributed by atoms with Gasteiger partial charge in [0.2, 0.25) is 0 Å². The summed E-state index contributed by atoms with van der Waals surface area (Å²) in [6.07, 6.45) is 0.716. The monoisotopic (exact) mass is 263 g/mol. The van der Waals surface area contributed by atoms with Crippen LogP contribution in [0, 0.1) is 0 Å². The predicted octanol–water partition coefficient (Wildman–Crippen LogP) is 0.966. The fraction of sp³-hybridized carbons (Fsp3) is 0.500. The molecule has 1 aromatic heterocycles. The Bertz CT molecular complexity index is 551. The molecule has 0 bridgehead atoms. The molecule has 5 heteroatoms. The molecule has 3 unspecified atom stereocenters. The molecule has 3 atom stereocenters. The molecule has 0 aliphatic heterocycles. The molecular formula is C14H21N3O2. The molecule has 0 amide bonds. The van der Waals surface area contributed by atoms with Gasteiger partial charge in [-0.2, -0.15) is 0 Å². The fourth-order valence-corrected chi connectivity index (χ4v) is 2.09. The van der Waals surface area contributed by atoms with Crippen LogP contribution in [0.25, 0.3) is 11.0 Å². The molecule has 0 saturated heterocycles. The van der Waals surface area contributed by atoms with E-state index in [0.717, 1.165) is 16.6 Å². The average molecular weight is 263 g/mol. The van der Waals surface area contributed by atoms with Crippen LogP contribution >= 0.6 is 0 Å². The first-order valence-electron chi connectivity index (χ1n) is 6.49. The molecule has 0 spiro atoms. The molecule has 2 aromatic rings. The van der Waals surface area contributed by atoms with Gasteiger partial charge < -0.3 is 20.1 Å². The van der Waals surface area contributed by atoms with Gasteiger partial charge in [-0.1, -0.05) is 6.07 Å². The van der Waals surface area contributed by atoms with Gasteiger partial charge in [0.25, 0.3) is 0 Å². The summed E-state index contributed by atoms with van der Waals surface area (Å²) < 4.78 is 1.95. The van der Waals surface area contributed by atoms with Crippen LogP contribution in [0.3, 0.4) is 0 Å². The summed E-state index contributed by atoms with van der Waals surface area (Å²) >= 11 is 0. The van der Waals surface area contributed by atoms with E-state index in [4.69, 9.17) is 0 Å². The maximum Gasteiger partial charge on any atom is 0.0955 e. The fourth-order valence-electron chi connectivity index (χ4n) is 2.09. The summed E-state index contributed by atoms with van der Waals surface area (Å²) in [5, 5.41) is 22.6. The van der Waals surface area contributed by atoms with Crippen molar-refractivity contribution in [1.82, 2.24) is 14.9 Å². The smallest absolute Gasteiger partial charge is 0.0955 e. The normalized spacial score (nSPS) is 16.5. The summed E-state index contributed by atoms with van der Waals surface area (Å²) in [5.41, 5.74) is 2.75. The Morgan fingerprint density at radius 2 is 2.05 bits per heavy atom. The largest absolute Gasteiger partial charge is 0.392 e. The van der Waals surface area contributed by atoms with E-state index in [0.29, 0.717) is 6.54 Å². The van der Waals surface area contributed by atoms with Gasteiger partial charge in [-0.3, -0.25) is 0 Å². The van der Waals surface area contributed by atoms with E-state index in [1.807, 2.05) is 36.7 Å². The lowest BCUT2D eigenvalue weighted by molar-refractivity contribution is 0.121. The third-order valence-electron chi connectivity index (χ3n) is 3.30. The Balaban J connectivity index is 2.14. The number of aromatic nitrogens is 2. The first-order valence-corrected chi connectivity index (χ1v) is 6.49. The van der Waals surface area contributed by atoms with Gasteiger partial charge in [-0.05, 0) is 31.5 Å². The summed E-state index contributed by atoms with van der Waals surface area (Å²) in [5.74, 6) is 0. The van der Waals surface area contributed by atoms with Crippen molar-refractivity contribution < 1.29 is 10.2 Å². The number of aliphatic hydroxyl groups is 2. The van der Waals surface area contributed by atoms with E-state index >= 15 is 0 Å². The number of aryl methyl sites for hydroxylation is 1. The second kappa shape index (κ2) is 5.69. The Morgan fingerprint density at radius 1 is 1.32 bits per heavy atom. The Labute approximate surface area is 112 Å². The average Bonchev–Trinajstić information content (AvgIpc) is 2.76. The Kier molecular flexibility index (Phi) is 4.19. The quantitative estimate of drug-likeness (QED) is 0.751. The molecule has 0 aliphatic rings. The third kappa shape index (κ3) is 3.12. The van der Waals surface area contributed by atoms with Crippen LogP contribution in [0.1, 0.15) is 25.5 Å². The van der Waals surface area contributed by atoms with Crippen LogP contribution in [0.15, 0.2) is 24.5 Å². The minimum Gasteiger partial charge on any atom is -0.392 e. The molecule has 0 fully saturated rings. The summed E-state index contributed by atoms with van der Waals surface area (Å²) in [6.45, 7) is 4.08. The maximum atomic E-state index is 10.3. The van der Waals surface area contributed by atoms with Gasteiger partial charge in [0, 0.05) is 19.6 Å². The lowest BCUT2D eigenvalue weighted by Crippen LogP contribution is -2.36. The lowest BCUT2D eigenvalue weighted by Gasteiger charge is -2.21. The standard InChI is InChI=1S/C14H21N3O2/c1-9(18)7-15-10(2)14(19)11-4-5-13-12(6-11)16-8-17(13)3/h4-6,8-10,14-15,18-19H,7H2,1-3H3. The number of fused-ring (bicyclic) bond motifs is 1. The van der Waals surface area contributed by atoms with Crippen molar-refractivity contribution in [3.8, 4) is 0 Å². The second-order valence-electron chi connectivity index (χ2n) is 5.09. The molecule has 0 saturated carbocycles. The van der Waals surface area contributed by atoms with Gasteiger partial charge in [-0.25, -0.2) is 4.98 Å². The topological polar surface area (TPSA) is 70.3 Å². The minimum absolute atomic E-state index is 0.129. The zero-order chi connectivity index (χ0) is 14.0. The van der Waals surface area contributed by atoms with Crippen LogP contribution < -0.4 is 5.32 Å². The molecule has 5 nitrogen and oxygen atoms in total. The van der Waals surface area contributed by atoms with Gasteiger partial charge in [-0.15, -0.1) is 0 Å². The van der Waals surface area contributed by atoms with Crippen molar-refractivity contribution in [2.24, 2.45) is 7.05 Å². The first kappa shape index (κ1) is 14.0. The minimum atomic E-state index is -0.620. The zero-order valence-electron chi connectivity index (χ0n) is 11.5.